The minimum atomic E-state index is -1.78. The highest BCUT2D eigenvalue weighted by atomic mass is 16.7. The van der Waals surface area contributed by atoms with Crippen LogP contribution in [0.2, 0.25) is 0 Å². The highest BCUT2D eigenvalue weighted by Gasteiger charge is 2.45. The van der Waals surface area contributed by atoms with Crippen molar-refractivity contribution in [3.05, 3.63) is 46.6 Å². The van der Waals surface area contributed by atoms with E-state index in [0.717, 1.165) is 0 Å². The summed E-state index contributed by atoms with van der Waals surface area (Å²) in [5, 5.41) is 59.5. The maximum absolute atomic E-state index is 13.4. The van der Waals surface area contributed by atoms with Crippen LogP contribution in [0.4, 0.5) is 0 Å². The number of aromatic hydroxyl groups is 2. The number of phenolic OH excluding ortho intramolecular Hbond substituents is 2. The Labute approximate surface area is 186 Å². The lowest BCUT2D eigenvalue weighted by atomic mass is 9.99. The van der Waals surface area contributed by atoms with Crippen LogP contribution in [0.1, 0.15) is 0 Å². The lowest BCUT2D eigenvalue weighted by molar-refractivity contribution is -0.277. The van der Waals surface area contributed by atoms with Gasteiger partial charge in [-0.2, -0.15) is 0 Å². The van der Waals surface area contributed by atoms with Crippen LogP contribution in [0.15, 0.2) is 45.6 Å². The molecule has 2 heterocycles. The maximum Gasteiger partial charge on any atom is 0.239 e. The largest absolute Gasteiger partial charge is 0.508 e. The van der Waals surface area contributed by atoms with Crippen molar-refractivity contribution in [1.82, 2.24) is 0 Å². The summed E-state index contributed by atoms with van der Waals surface area (Å²) in [4.78, 5) is 13.4. The summed E-state index contributed by atoms with van der Waals surface area (Å²) < 4.78 is 21.9. The molecule has 11 heteroatoms. The van der Waals surface area contributed by atoms with Crippen molar-refractivity contribution < 1.29 is 49.3 Å². The van der Waals surface area contributed by atoms with Crippen LogP contribution in [-0.4, -0.2) is 75.1 Å². The first kappa shape index (κ1) is 22.8. The number of aliphatic hydroxyl groups excluding tert-OH is 4. The average molecular weight is 462 g/mol. The number of ether oxygens (including phenoxy) is 3. The number of methoxy groups -OCH3 is 1. The van der Waals surface area contributed by atoms with Gasteiger partial charge in [0.2, 0.25) is 17.5 Å². The Balaban J connectivity index is 1.89. The Morgan fingerprint density at radius 2 is 1.70 bits per heavy atom. The zero-order valence-corrected chi connectivity index (χ0v) is 17.3. The molecule has 6 N–H and O–H groups in total. The van der Waals surface area contributed by atoms with Crippen molar-refractivity contribution in [2.24, 2.45) is 0 Å². The Morgan fingerprint density at radius 3 is 2.33 bits per heavy atom. The highest BCUT2D eigenvalue weighted by molar-refractivity contribution is 5.88. The molecule has 2 aromatic carbocycles. The van der Waals surface area contributed by atoms with Crippen LogP contribution in [0.3, 0.4) is 0 Å². The third kappa shape index (κ3) is 4.08. The van der Waals surface area contributed by atoms with E-state index in [1.54, 1.807) is 0 Å². The van der Waals surface area contributed by atoms with E-state index in [-0.39, 0.29) is 28.2 Å². The Morgan fingerprint density at radius 1 is 1.00 bits per heavy atom. The number of aliphatic hydroxyl groups is 4. The van der Waals surface area contributed by atoms with Crippen molar-refractivity contribution in [3.63, 3.8) is 0 Å². The van der Waals surface area contributed by atoms with Crippen molar-refractivity contribution in [3.8, 4) is 34.3 Å². The van der Waals surface area contributed by atoms with Crippen molar-refractivity contribution in [2.75, 3.05) is 13.7 Å². The SMILES string of the molecule is COc1cc(O)c2c(=O)c(O[C@H]3O[C@@H](CO)[C@H](O)[C@@H](O)[C@@H]3O)c(-c3ccc(O)cc3)oc2c1. The number of fused-ring (bicyclic) bond motifs is 1. The topological polar surface area (TPSA) is 179 Å². The molecular formula is C22H22O11. The van der Waals surface area contributed by atoms with Crippen LogP contribution < -0.4 is 14.9 Å². The molecule has 0 saturated carbocycles. The van der Waals surface area contributed by atoms with Gasteiger partial charge in [0.1, 0.15) is 52.6 Å². The molecule has 0 spiro atoms. The Hall–Kier alpha value is -3.35. The highest BCUT2D eigenvalue weighted by Crippen LogP contribution is 2.37. The third-order valence-electron chi connectivity index (χ3n) is 5.35. The molecule has 1 saturated heterocycles. The lowest BCUT2D eigenvalue weighted by Crippen LogP contribution is -2.60. The molecule has 33 heavy (non-hydrogen) atoms. The van der Waals surface area contributed by atoms with Gasteiger partial charge in [0.25, 0.3) is 0 Å². The molecule has 3 aromatic rings. The third-order valence-corrected chi connectivity index (χ3v) is 5.35. The van der Waals surface area contributed by atoms with Gasteiger partial charge in [0.15, 0.2) is 5.76 Å². The smallest absolute Gasteiger partial charge is 0.239 e. The molecule has 0 radical (unpaired) electrons. The summed E-state index contributed by atoms with van der Waals surface area (Å²) in [5.41, 5.74) is -0.550. The summed E-state index contributed by atoms with van der Waals surface area (Å²) in [5.74, 6) is -0.871. The first-order valence-electron chi connectivity index (χ1n) is 9.89. The monoisotopic (exact) mass is 462 g/mol. The van der Waals surface area contributed by atoms with E-state index in [2.05, 4.69) is 0 Å². The van der Waals surface area contributed by atoms with Gasteiger partial charge >= 0.3 is 0 Å². The number of hydrogen-bond acceptors (Lipinski definition) is 11. The molecule has 5 atom stereocenters. The van der Waals surface area contributed by atoms with Crippen molar-refractivity contribution >= 4 is 11.0 Å². The molecule has 1 aliphatic heterocycles. The number of rotatable bonds is 5. The van der Waals surface area contributed by atoms with Crippen LogP contribution >= 0.6 is 0 Å². The predicted molar refractivity (Wildman–Crippen MR) is 112 cm³/mol. The summed E-state index contributed by atoms with van der Waals surface area (Å²) >= 11 is 0. The maximum atomic E-state index is 13.4. The fourth-order valence-electron chi connectivity index (χ4n) is 3.57. The van der Waals surface area contributed by atoms with Gasteiger partial charge in [-0.1, -0.05) is 0 Å². The van der Waals surface area contributed by atoms with Crippen LogP contribution in [0, 0.1) is 0 Å². The lowest BCUT2D eigenvalue weighted by Gasteiger charge is -2.39. The molecule has 0 bridgehead atoms. The van der Waals surface area contributed by atoms with Gasteiger partial charge in [-0.05, 0) is 24.3 Å². The van der Waals surface area contributed by atoms with E-state index in [1.165, 1.54) is 43.5 Å². The molecule has 176 valence electrons. The van der Waals surface area contributed by atoms with E-state index in [4.69, 9.17) is 18.6 Å². The minimum absolute atomic E-state index is 0.0268. The van der Waals surface area contributed by atoms with Gasteiger partial charge < -0.3 is 49.3 Å². The number of benzene rings is 2. The summed E-state index contributed by atoms with van der Waals surface area (Å²) in [6.07, 6.45) is -8.07. The van der Waals surface area contributed by atoms with Gasteiger partial charge in [-0.15, -0.1) is 0 Å². The van der Waals surface area contributed by atoms with E-state index >= 15 is 0 Å². The van der Waals surface area contributed by atoms with Crippen LogP contribution in [-0.2, 0) is 4.74 Å². The molecule has 11 nitrogen and oxygen atoms in total. The van der Waals surface area contributed by atoms with Gasteiger partial charge in [-0.3, -0.25) is 4.79 Å². The fourth-order valence-corrected chi connectivity index (χ4v) is 3.57. The predicted octanol–water partition coefficient (Wildman–Crippen LogP) is 0.0585. The number of hydrogen-bond donors (Lipinski definition) is 6. The van der Waals surface area contributed by atoms with E-state index in [0.29, 0.717) is 5.56 Å². The second-order valence-electron chi connectivity index (χ2n) is 7.47. The summed E-state index contributed by atoms with van der Waals surface area (Å²) in [6, 6.07) is 8.18. The molecule has 0 amide bonds. The number of phenols is 2. The van der Waals surface area contributed by atoms with Crippen LogP contribution in [0.5, 0.6) is 23.0 Å². The summed E-state index contributed by atoms with van der Waals surface area (Å²) in [6.45, 7) is -0.692. The Bertz CT molecular complexity index is 1200. The van der Waals surface area contributed by atoms with Crippen LogP contribution in [0.25, 0.3) is 22.3 Å². The minimum Gasteiger partial charge on any atom is -0.508 e. The van der Waals surface area contributed by atoms with Gasteiger partial charge in [0, 0.05) is 17.7 Å². The first-order valence-corrected chi connectivity index (χ1v) is 9.89. The molecule has 0 unspecified atom stereocenters. The molecule has 1 fully saturated rings. The first-order chi connectivity index (χ1) is 15.7. The molecule has 1 aliphatic rings. The average Bonchev–Trinajstić information content (AvgIpc) is 2.80. The van der Waals surface area contributed by atoms with Crippen molar-refractivity contribution in [2.45, 2.75) is 30.7 Å². The van der Waals surface area contributed by atoms with E-state index in [1.807, 2.05) is 0 Å². The zero-order valence-electron chi connectivity index (χ0n) is 17.3. The Kier molecular flexibility index (Phi) is 6.15. The molecule has 1 aromatic heterocycles. The second kappa shape index (κ2) is 8.89. The zero-order chi connectivity index (χ0) is 23.9. The van der Waals surface area contributed by atoms with Gasteiger partial charge in [0.05, 0.1) is 13.7 Å². The summed E-state index contributed by atoms with van der Waals surface area (Å²) in [7, 11) is 1.37. The standard InChI is InChI=1S/C22H22O11/c1-30-11-6-12(25)15-13(7-11)31-20(9-2-4-10(24)5-3-9)21(17(15)27)33-22-19(29)18(28)16(26)14(8-23)32-22/h2-7,14,16,18-19,22-26,28-29H,8H2,1H3/t14-,16-,18+,19-,22+/m0/s1. The quantitative estimate of drug-likeness (QED) is 0.302. The van der Waals surface area contributed by atoms with Crippen molar-refractivity contribution in [1.29, 1.82) is 0 Å². The van der Waals surface area contributed by atoms with E-state index < -0.39 is 54.2 Å². The molecule has 4 rings (SSSR count). The molecular weight excluding hydrogens is 440 g/mol. The second-order valence-corrected chi connectivity index (χ2v) is 7.47. The fraction of sp³-hybridized carbons (Fsp3) is 0.318. The normalized spacial score (nSPS) is 25.2. The van der Waals surface area contributed by atoms with E-state index in [9.17, 15) is 35.4 Å². The van der Waals surface area contributed by atoms with Gasteiger partial charge in [-0.25, -0.2) is 0 Å². The molecule has 0 aliphatic carbocycles.